The number of fused-ring (bicyclic) bond motifs is 3. The van der Waals surface area contributed by atoms with Crippen LogP contribution in [0.1, 0.15) is 65.9 Å². The average molecular weight is 851 g/mol. The predicted octanol–water partition coefficient (Wildman–Crippen LogP) is 9.56. The van der Waals surface area contributed by atoms with E-state index in [4.69, 9.17) is 24.2 Å². The monoisotopic (exact) mass is 850 g/mol. The molecule has 0 aliphatic rings. The number of aldehydes is 1. The van der Waals surface area contributed by atoms with Gasteiger partial charge in [-0.3, -0.25) is 9.59 Å². The highest BCUT2D eigenvalue weighted by Gasteiger charge is 2.34. The number of ether oxygens (including phenoxy) is 3. The van der Waals surface area contributed by atoms with Crippen molar-refractivity contribution in [2.45, 2.75) is 58.0 Å². The van der Waals surface area contributed by atoms with E-state index in [1.54, 1.807) is 72.8 Å². The molecule has 0 bridgehead atoms. The second-order valence-electron chi connectivity index (χ2n) is 16.0. The van der Waals surface area contributed by atoms with Crippen LogP contribution in [0.2, 0.25) is 0 Å². The smallest absolute Gasteiger partial charge is 0.162 e. The van der Waals surface area contributed by atoms with Crippen molar-refractivity contribution in [3.05, 3.63) is 180 Å². The Hall–Kier alpha value is -7.86. The van der Waals surface area contributed by atoms with Gasteiger partial charge in [0.2, 0.25) is 0 Å². The number of imidazole rings is 3. The summed E-state index contributed by atoms with van der Waals surface area (Å²) in [7, 11) is 1.94. The van der Waals surface area contributed by atoms with E-state index in [0.717, 1.165) is 44.7 Å². The number of H-pyrrole nitrogens is 1. The van der Waals surface area contributed by atoms with Gasteiger partial charge in [-0.05, 0) is 103 Å². The lowest BCUT2D eigenvalue weighted by Gasteiger charge is -2.20. The molecule has 64 heavy (non-hydrogen) atoms. The molecule has 0 aliphatic heterocycles. The lowest BCUT2D eigenvalue weighted by Crippen LogP contribution is -2.29. The standard InChI is InChI=1S/C52H46N6O6/c1-33(2)58-46-15-9-7-13-44(46)56-50(58)32-64-38-24-18-35(19-25-38)40(29-59)52(61)51(36-20-26-39(27-21-36)63-31-49-55-43-12-6-8-14-45(43)57(49)3)47(60)28-34-16-22-37(23-17-34)62-30-48-53-41-10-4-5-11-42(41)54-48/h4-27,29,33,40,51H,28,30-32H2,1-3H3,(H,53,54). The van der Waals surface area contributed by atoms with E-state index in [0.29, 0.717) is 46.0 Å². The predicted molar refractivity (Wildman–Crippen MR) is 245 cm³/mol. The highest BCUT2D eigenvalue weighted by atomic mass is 16.5. The molecule has 0 fully saturated rings. The Kier molecular flexibility index (Phi) is 11.8. The van der Waals surface area contributed by atoms with Crippen LogP contribution in [0.15, 0.2) is 146 Å². The Morgan fingerprint density at radius 2 is 1.14 bits per heavy atom. The number of para-hydroxylation sites is 6. The first kappa shape index (κ1) is 41.5. The Balaban J connectivity index is 0.920. The molecule has 0 amide bonds. The molecule has 3 aromatic heterocycles. The molecule has 6 aromatic carbocycles. The van der Waals surface area contributed by atoms with Crippen molar-refractivity contribution in [1.29, 1.82) is 0 Å². The van der Waals surface area contributed by atoms with Crippen LogP contribution in [0.25, 0.3) is 33.1 Å². The van der Waals surface area contributed by atoms with Crippen LogP contribution in [0.5, 0.6) is 17.2 Å². The molecular formula is C52H46N6O6. The first-order valence-corrected chi connectivity index (χ1v) is 21.2. The van der Waals surface area contributed by atoms with E-state index >= 15 is 0 Å². The summed E-state index contributed by atoms with van der Waals surface area (Å²) in [6.07, 6.45) is 0.552. The van der Waals surface area contributed by atoms with Gasteiger partial charge in [-0.25, -0.2) is 15.0 Å². The van der Waals surface area contributed by atoms with Gasteiger partial charge in [-0.1, -0.05) is 72.8 Å². The van der Waals surface area contributed by atoms with E-state index in [-0.39, 0.29) is 38.1 Å². The van der Waals surface area contributed by atoms with E-state index in [1.165, 1.54) is 0 Å². The van der Waals surface area contributed by atoms with E-state index in [2.05, 4.69) is 28.4 Å². The maximum absolute atomic E-state index is 14.6. The zero-order valence-electron chi connectivity index (χ0n) is 35.7. The number of aromatic amines is 1. The number of hydrogen-bond acceptors (Lipinski definition) is 9. The number of rotatable bonds is 18. The topological polar surface area (TPSA) is 143 Å². The Morgan fingerprint density at radius 1 is 0.609 bits per heavy atom. The van der Waals surface area contributed by atoms with Gasteiger partial charge in [0.05, 0.1) is 39.0 Å². The quantitative estimate of drug-likeness (QED) is 0.0660. The number of ketones is 2. The van der Waals surface area contributed by atoms with Crippen LogP contribution < -0.4 is 14.2 Å². The summed E-state index contributed by atoms with van der Waals surface area (Å²) < 4.78 is 22.4. The van der Waals surface area contributed by atoms with E-state index < -0.39 is 17.6 Å². The number of aromatic nitrogens is 6. The second kappa shape index (κ2) is 18.2. The Bertz CT molecular complexity index is 3060. The molecule has 9 aromatic rings. The number of hydrogen-bond donors (Lipinski definition) is 1. The molecule has 2 unspecified atom stereocenters. The zero-order valence-corrected chi connectivity index (χ0v) is 35.7. The first-order chi connectivity index (χ1) is 31.2. The zero-order chi connectivity index (χ0) is 44.2. The Morgan fingerprint density at radius 3 is 1.77 bits per heavy atom. The Labute approximate surface area is 369 Å². The molecule has 0 spiro atoms. The third-order valence-electron chi connectivity index (χ3n) is 11.4. The fourth-order valence-corrected chi connectivity index (χ4v) is 8.15. The third-order valence-corrected chi connectivity index (χ3v) is 11.4. The maximum Gasteiger partial charge on any atom is 0.162 e. The summed E-state index contributed by atoms with van der Waals surface area (Å²) >= 11 is 0. The molecule has 1 N–H and O–H groups in total. The molecule has 0 saturated heterocycles. The number of benzene rings is 6. The first-order valence-electron chi connectivity index (χ1n) is 21.2. The molecule has 0 saturated carbocycles. The van der Waals surface area contributed by atoms with Crippen molar-refractivity contribution < 1.29 is 28.6 Å². The van der Waals surface area contributed by atoms with Gasteiger partial charge in [0.15, 0.2) is 11.6 Å². The van der Waals surface area contributed by atoms with Gasteiger partial charge in [0, 0.05) is 19.5 Å². The molecule has 12 nitrogen and oxygen atoms in total. The summed E-state index contributed by atoms with van der Waals surface area (Å²) in [6.45, 7) is 4.89. The molecule has 320 valence electrons. The van der Waals surface area contributed by atoms with Crippen LogP contribution in [0.4, 0.5) is 0 Å². The van der Waals surface area contributed by atoms with Crippen LogP contribution in [-0.4, -0.2) is 46.9 Å². The lowest BCUT2D eigenvalue weighted by atomic mass is 9.80. The lowest BCUT2D eigenvalue weighted by molar-refractivity contribution is -0.131. The summed E-state index contributed by atoms with van der Waals surface area (Å²) in [5.41, 5.74) is 7.18. The second-order valence-corrected chi connectivity index (χ2v) is 16.0. The van der Waals surface area contributed by atoms with E-state index in [9.17, 15) is 14.4 Å². The van der Waals surface area contributed by atoms with Crippen LogP contribution in [0, 0.1) is 0 Å². The van der Waals surface area contributed by atoms with Crippen molar-refractivity contribution in [3.8, 4) is 17.2 Å². The summed E-state index contributed by atoms with van der Waals surface area (Å²) in [6, 6.07) is 44.7. The minimum absolute atomic E-state index is 0.0509. The van der Waals surface area contributed by atoms with Crippen LogP contribution in [0.3, 0.4) is 0 Å². The summed E-state index contributed by atoms with van der Waals surface area (Å²) in [4.78, 5) is 59.1. The number of carbonyl (C=O) groups is 3. The van der Waals surface area contributed by atoms with Crippen molar-refractivity contribution in [2.75, 3.05) is 0 Å². The molecule has 3 heterocycles. The molecule has 9 rings (SSSR count). The normalized spacial score (nSPS) is 12.4. The number of carbonyl (C=O) groups excluding carboxylic acids is 3. The highest BCUT2D eigenvalue weighted by Crippen LogP contribution is 2.31. The van der Waals surface area contributed by atoms with Gasteiger partial charge in [0.1, 0.15) is 66.7 Å². The number of aryl methyl sites for hydroxylation is 1. The van der Waals surface area contributed by atoms with Gasteiger partial charge in [-0.2, -0.15) is 0 Å². The van der Waals surface area contributed by atoms with Crippen molar-refractivity contribution in [3.63, 3.8) is 0 Å². The van der Waals surface area contributed by atoms with Gasteiger partial charge in [0.25, 0.3) is 0 Å². The minimum atomic E-state index is -1.24. The molecule has 2 atom stereocenters. The third kappa shape index (κ3) is 8.76. The number of Topliss-reactive ketones (excluding diaryl/α,β-unsaturated/α-hetero) is 2. The van der Waals surface area contributed by atoms with Crippen molar-refractivity contribution in [1.82, 2.24) is 29.1 Å². The number of nitrogens with zero attached hydrogens (tertiary/aromatic N) is 5. The average Bonchev–Trinajstić information content (AvgIpc) is 4.01. The van der Waals surface area contributed by atoms with Crippen molar-refractivity contribution >= 4 is 51.0 Å². The van der Waals surface area contributed by atoms with Gasteiger partial charge in [-0.15, -0.1) is 0 Å². The molecule has 0 aliphatic carbocycles. The fraction of sp³-hybridized carbons (Fsp3) is 0.192. The van der Waals surface area contributed by atoms with E-state index in [1.807, 2.05) is 84.4 Å². The largest absolute Gasteiger partial charge is 0.486 e. The fourth-order valence-electron chi connectivity index (χ4n) is 8.15. The van der Waals surface area contributed by atoms with Gasteiger partial charge < -0.3 is 33.1 Å². The summed E-state index contributed by atoms with van der Waals surface area (Å²) in [5.74, 6) is 0.587. The van der Waals surface area contributed by atoms with Crippen molar-refractivity contribution in [2.24, 2.45) is 7.05 Å². The SMILES string of the molecule is CC(C)n1c(COc2ccc(C(C=O)C(=O)C(C(=O)Cc3ccc(OCc4nc5ccccc5[nH]4)cc3)c3ccc(OCc4nc5ccccc5n4C)cc3)cc2)nc2ccccc21. The van der Waals surface area contributed by atoms with Crippen LogP contribution >= 0.6 is 0 Å². The minimum Gasteiger partial charge on any atom is -0.486 e. The maximum atomic E-state index is 14.6. The summed E-state index contributed by atoms with van der Waals surface area (Å²) in [5, 5.41) is 0. The van der Waals surface area contributed by atoms with Gasteiger partial charge >= 0.3 is 0 Å². The molecule has 0 radical (unpaired) electrons. The van der Waals surface area contributed by atoms with Crippen LogP contribution in [-0.2, 0) is 47.7 Å². The highest BCUT2D eigenvalue weighted by molar-refractivity contribution is 6.15. The number of nitrogens with one attached hydrogen (secondary N) is 1. The molecular weight excluding hydrogens is 805 g/mol. The molecule has 12 heteroatoms.